The minimum Gasteiger partial charge on any atom is -0.493 e. The summed E-state index contributed by atoms with van der Waals surface area (Å²) in [5.41, 5.74) is 2.86. The molecule has 0 fully saturated rings. The largest absolute Gasteiger partial charge is 0.493 e. The maximum atomic E-state index is 13.2. The third kappa shape index (κ3) is 2.14. The van der Waals surface area contributed by atoms with Crippen LogP contribution in [0.1, 0.15) is 5.56 Å². The van der Waals surface area contributed by atoms with E-state index in [1.165, 1.54) is 12.1 Å². The van der Waals surface area contributed by atoms with Gasteiger partial charge < -0.3 is 14.1 Å². The van der Waals surface area contributed by atoms with E-state index in [1.807, 2.05) is 18.2 Å². The highest BCUT2D eigenvalue weighted by atomic mass is 19.1. The van der Waals surface area contributed by atoms with E-state index in [2.05, 4.69) is 0 Å². The molecule has 0 amide bonds. The average Bonchev–Trinajstić information content (AvgIpc) is 2.89. The molecule has 0 N–H and O–H groups in total. The first-order valence-electron chi connectivity index (χ1n) is 6.35. The summed E-state index contributed by atoms with van der Waals surface area (Å²) >= 11 is 0. The fourth-order valence-electron chi connectivity index (χ4n) is 2.51. The van der Waals surface area contributed by atoms with E-state index in [0.29, 0.717) is 18.1 Å². The Morgan fingerprint density at radius 1 is 1.05 bits per heavy atom. The Hall–Kier alpha value is -2.01. The van der Waals surface area contributed by atoms with Gasteiger partial charge in [-0.05, 0) is 40.8 Å². The van der Waals surface area contributed by atoms with Crippen molar-refractivity contribution in [3.8, 4) is 11.5 Å². The summed E-state index contributed by atoms with van der Waals surface area (Å²) < 4.78 is 29.5. The van der Waals surface area contributed by atoms with Gasteiger partial charge in [0.2, 0.25) is 0 Å². The van der Waals surface area contributed by atoms with E-state index < -0.39 is 0 Å². The number of methoxy groups -OCH3 is 2. The van der Waals surface area contributed by atoms with Crippen molar-refractivity contribution in [1.29, 1.82) is 0 Å². The average molecular weight is 272 g/mol. The summed E-state index contributed by atoms with van der Waals surface area (Å²) in [5.74, 6) is 1.10. The Morgan fingerprint density at radius 2 is 1.85 bits per heavy atom. The van der Waals surface area contributed by atoms with Gasteiger partial charge in [-0.2, -0.15) is 0 Å². The highest BCUT2D eigenvalue weighted by Crippen LogP contribution is 2.25. The Morgan fingerprint density at radius 3 is 2.60 bits per heavy atom. The molecule has 1 aliphatic heterocycles. The Balaban J connectivity index is 2.00. The quantitative estimate of drug-likeness (QED) is 0.792. The predicted molar refractivity (Wildman–Crippen MR) is 75.8 cm³/mol. The van der Waals surface area contributed by atoms with Crippen molar-refractivity contribution in [1.82, 2.24) is 0 Å². The smallest absolute Gasteiger partial charge is 0.362 e. The van der Waals surface area contributed by atoms with Gasteiger partial charge in [0.1, 0.15) is 5.82 Å². The number of ether oxygens (including phenoxy) is 2. The van der Waals surface area contributed by atoms with E-state index in [9.17, 15) is 4.39 Å². The topological polar surface area (TPSA) is 27.7 Å². The molecule has 0 saturated heterocycles. The molecular weight excluding hydrogens is 258 g/mol. The normalized spacial score (nSPS) is 13.2. The van der Waals surface area contributed by atoms with Crippen LogP contribution in [0.15, 0.2) is 36.4 Å². The molecule has 2 aromatic carbocycles. The minimum absolute atomic E-state index is 0.189. The van der Waals surface area contributed by atoms with Crippen molar-refractivity contribution in [3.63, 3.8) is 0 Å². The van der Waals surface area contributed by atoms with Crippen LogP contribution in [-0.4, -0.2) is 21.1 Å². The van der Waals surface area contributed by atoms with Gasteiger partial charge in [0.05, 0.1) is 20.8 Å². The number of hydrogen-bond acceptors (Lipinski definition) is 3. The molecule has 3 rings (SSSR count). The third-order valence-electron chi connectivity index (χ3n) is 3.50. The number of fused-ring (bicyclic) bond motifs is 1. The summed E-state index contributed by atoms with van der Waals surface area (Å²) in [7, 11) is 3.20. The first-order chi connectivity index (χ1) is 9.72. The van der Waals surface area contributed by atoms with Crippen LogP contribution in [-0.2, 0) is 11.3 Å². The minimum atomic E-state index is -0.236. The molecule has 3 nitrogen and oxygen atoms in total. The van der Waals surface area contributed by atoms with Gasteiger partial charge in [0.25, 0.3) is 0 Å². The molecule has 5 heteroatoms. The van der Waals surface area contributed by atoms with Gasteiger partial charge in [-0.25, -0.2) is 4.39 Å². The van der Waals surface area contributed by atoms with Crippen molar-refractivity contribution in [2.45, 2.75) is 6.61 Å². The molecule has 0 bridgehead atoms. The van der Waals surface area contributed by atoms with Crippen molar-refractivity contribution >= 4 is 17.8 Å². The summed E-state index contributed by atoms with van der Waals surface area (Å²) in [5, 5.41) is 0. The lowest BCUT2D eigenvalue weighted by molar-refractivity contribution is 0.336. The molecule has 0 aromatic heterocycles. The number of hydrogen-bond donors (Lipinski definition) is 0. The highest BCUT2D eigenvalue weighted by molar-refractivity contribution is 6.81. The van der Waals surface area contributed by atoms with Gasteiger partial charge in [-0.15, -0.1) is 0 Å². The maximum Gasteiger partial charge on any atom is 0.362 e. The zero-order valence-electron chi connectivity index (χ0n) is 11.4. The van der Waals surface area contributed by atoms with E-state index in [0.717, 1.165) is 16.5 Å². The first-order valence-corrected chi connectivity index (χ1v) is 6.35. The lowest BCUT2D eigenvalue weighted by Crippen LogP contribution is -2.41. The van der Waals surface area contributed by atoms with Gasteiger partial charge in [0, 0.05) is 0 Å². The molecule has 2 aromatic rings. The van der Waals surface area contributed by atoms with Crippen molar-refractivity contribution < 1.29 is 18.5 Å². The zero-order chi connectivity index (χ0) is 14.1. The molecule has 0 aliphatic carbocycles. The summed E-state index contributed by atoms with van der Waals surface area (Å²) in [4.78, 5) is 0. The van der Waals surface area contributed by atoms with Crippen molar-refractivity contribution in [2.24, 2.45) is 0 Å². The number of benzene rings is 2. The highest BCUT2D eigenvalue weighted by Gasteiger charge is 2.30. The zero-order valence-corrected chi connectivity index (χ0v) is 11.4. The van der Waals surface area contributed by atoms with Crippen LogP contribution in [0.3, 0.4) is 0 Å². The lowest BCUT2D eigenvalue weighted by atomic mass is 9.56. The fourth-order valence-corrected chi connectivity index (χ4v) is 2.51. The van der Waals surface area contributed by atoms with E-state index in [4.69, 9.17) is 14.1 Å². The van der Waals surface area contributed by atoms with Crippen LogP contribution in [0.5, 0.6) is 11.5 Å². The van der Waals surface area contributed by atoms with Gasteiger partial charge in [-0.1, -0.05) is 12.1 Å². The predicted octanol–water partition coefficient (Wildman–Crippen LogP) is 1.48. The van der Waals surface area contributed by atoms with Crippen molar-refractivity contribution in [2.75, 3.05) is 14.2 Å². The second kappa shape index (κ2) is 5.17. The second-order valence-electron chi connectivity index (χ2n) is 4.65. The molecule has 0 saturated carbocycles. The van der Waals surface area contributed by atoms with E-state index >= 15 is 0 Å². The van der Waals surface area contributed by atoms with Crippen molar-refractivity contribution in [3.05, 3.63) is 47.8 Å². The standard InChI is InChI=1S/C15H14BFO3/c1-18-14-6-3-11(8-15(14)19-2)16-13-5-4-12(17)7-10(13)9-20-16/h3-8H,9H2,1-2H3. The maximum absolute atomic E-state index is 13.2. The molecule has 20 heavy (non-hydrogen) atoms. The Labute approximate surface area is 117 Å². The summed E-state index contributed by atoms with van der Waals surface area (Å²) in [6.45, 7) is 0.233. The van der Waals surface area contributed by atoms with E-state index in [1.54, 1.807) is 20.3 Å². The van der Waals surface area contributed by atoms with Crippen LogP contribution in [0.2, 0.25) is 0 Å². The molecule has 0 spiro atoms. The SMILES string of the molecule is COc1ccc(B2OCc3cc(F)ccc32)cc1OC. The van der Waals surface area contributed by atoms with Crippen LogP contribution < -0.4 is 20.4 Å². The Kier molecular flexibility index (Phi) is 3.36. The second-order valence-corrected chi connectivity index (χ2v) is 4.65. The number of rotatable bonds is 3. The third-order valence-corrected chi connectivity index (χ3v) is 3.50. The monoisotopic (exact) mass is 272 g/mol. The Bertz CT molecular complexity index is 645. The molecule has 1 aliphatic rings. The van der Waals surface area contributed by atoms with Crippen LogP contribution >= 0.6 is 0 Å². The molecular formula is C15H14BFO3. The number of halogens is 1. The van der Waals surface area contributed by atoms with Crippen LogP contribution in [0.25, 0.3) is 0 Å². The molecule has 0 radical (unpaired) electrons. The van der Waals surface area contributed by atoms with E-state index in [-0.39, 0.29) is 12.7 Å². The lowest BCUT2D eigenvalue weighted by Gasteiger charge is -2.12. The molecule has 1 heterocycles. The van der Waals surface area contributed by atoms with Crippen LogP contribution in [0.4, 0.5) is 4.39 Å². The first kappa shape index (κ1) is 13.0. The summed E-state index contributed by atoms with van der Waals surface area (Å²) in [6, 6.07) is 10.4. The molecule has 0 atom stereocenters. The van der Waals surface area contributed by atoms with Crippen LogP contribution in [0, 0.1) is 5.82 Å². The molecule has 102 valence electrons. The van der Waals surface area contributed by atoms with Gasteiger partial charge in [-0.3, -0.25) is 0 Å². The van der Waals surface area contributed by atoms with Gasteiger partial charge >= 0.3 is 6.92 Å². The molecule has 0 unspecified atom stereocenters. The van der Waals surface area contributed by atoms with Gasteiger partial charge in [0.15, 0.2) is 11.5 Å². The fraction of sp³-hybridized carbons (Fsp3) is 0.200. The summed E-state index contributed by atoms with van der Waals surface area (Å²) in [6.07, 6.45) is 0.